The van der Waals surface area contributed by atoms with Gasteiger partial charge >= 0.3 is 0 Å². The lowest BCUT2D eigenvalue weighted by atomic mass is 10.0. The predicted octanol–water partition coefficient (Wildman–Crippen LogP) is 3.84. The van der Waals surface area contributed by atoms with Gasteiger partial charge in [0, 0.05) is 18.6 Å². The predicted molar refractivity (Wildman–Crippen MR) is 110 cm³/mol. The molecular formula is C22H33N3O3. The molecule has 2 heterocycles. The number of nitrogens with one attached hydrogen (secondary N) is 1. The van der Waals surface area contributed by atoms with Crippen molar-refractivity contribution in [2.45, 2.75) is 65.8 Å². The highest BCUT2D eigenvalue weighted by atomic mass is 16.5. The summed E-state index contributed by atoms with van der Waals surface area (Å²) in [6, 6.07) is 7.36. The first-order valence-corrected chi connectivity index (χ1v) is 10.2. The van der Waals surface area contributed by atoms with Gasteiger partial charge < -0.3 is 24.2 Å². The summed E-state index contributed by atoms with van der Waals surface area (Å²) in [4.78, 5) is 2.55. The molecule has 1 N–H and O–H groups in total. The smallest absolute Gasteiger partial charge is 0.161 e. The van der Waals surface area contributed by atoms with E-state index in [9.17, 15) is 0 Å². The molecule has 0 atom stereocenters. The zero-order valence-corrected chi connectivity index (χ0v) is 17.7. The normalized spacial score (nSPS) is 15.9. The van der Waals surface area contributed by atoms with Crippen LogP contribution in [-0.4, -0.2) is 42.3 Å². The third-order valence-electron chi connectivity index (χ3n) is 5.64. The van der Waals surface area contributed by atoms with Crippen LogP contribution in [0.5, 0.6) is 11.5 Å². The summed E-state index contributed by atoms with van der Waals surface area (Å²) < 4.78 is 16.7. The monoisotopic (exact) mass is 387 g/mol. The van der Waals surface area contributed by atoms with Gasteiger partial charge in [-0.2, -0.15) is 0 Å². The number of hydrogen-bond acceptors (Lipinski definition) is 6. The fourth-order valence-corrected chi connectivity index (χ4v) is 3.68. The Morgan fingerprint density at radius 1 is 1.21 bits per heavy atom. The largest absolute Gasteiger partial charge is 0.493 e. The van der Waals surface area contributed by atoms with Crippen LogP contribution >= 0.6 is 0 Å². The molecule has 1 aromatic carbocycles. The Balaban J connectivity index is 1.54. The van der Waals surface area contributed by atoms with Crippen LogP contribution in [0.2, 0.25) is 0 Å². The minimum absolute atomic E-state index is 0.420. The van der Waals surface area contributed by atoms with E-state index in [-0.39, 0.29) is 0 Å². The first-order valence-electron chi connectivity index (χ1n) is 10.2. The molecule has 1 aliphatic heterocycles. The lowest BCUT2D eigenvalue weighted by Gasteiger charge is -2.35. The van der Waals surface area contributed by atoms with Crippen molar-refractivity contribution in [3.8, 4) is 11.5 Å². The van der Waals surface area contributed by atoms with Crippen molar-refractivity contribution < 1.29 is 14.0 Å². The van der Waals surface area contributed by atoms with Crippen molar-refractivity contribution >= 4 is 0 Å². The molecule has 1 fully saturated rings. The zero-order chi connectivity index (χ0) is 20.1. The van der Waals surface area contributed by atoms with E-state index in [1.165, 1.54) is 31.5 Å². The second-order valence-corrected chi connectivity index (χ2v) is 7.86. The summed E-state index contributed by atoms with van der Waals surface area (Å²) in [5, 5.41) is 7.66. The summed E-state index contributed by atoms with van der Waals surface area (Å²) in [6.45, 7) is 12.0. The van der Waals surface area contributed by atoms with Crippen LogP contribution in [0.4, 0.5) is 0 Å². The van der Waals surface area contributed by atoms with E-state index >= 15 is 0 Å². The Hall–Kier alpha value is -2.05. The number of aryl methyl sites for hydroxylation is 2. The van der Waals surface area contributed by atoms with Gasteiger partial charge in [-0.3, -0.25) is 0 Å². The fraction of sp³-hybridized carbons (Fsp3) is 0.591. The van der Waals surface area contributed by atoms with Crippen molar-refractivity contribution in [2.24, 2.45) is 0 Å². The molecule has 0 spiro atoms. The first-order chi connectivity index (χ1) is 13.5. The Morgan fingerprint density at radius 2 is 1.96 bits per heavy atom. The van der Waals surface area contributed by atoms with Crippen molar-refractivity contribution in [2.75, 3.05) is 20.2 Å². The number of piperidine rings is 1. The first kappa shape index (κ1) is 20.7. The van der Waals surface area contributed by atoms with Crippen LogP contribution in [0.1, 0.15) is 49.3 Å². The number of ether oxygens (including phenoxy) is 2. The van der Waals surface area contributed by atoms with Gasteiger partial charge in [-0.15, -0.1) is 0 Å². The third kappa shape index (κ3) is 5.06. The van der Waals surface area contributed by atoms with Crippen molar-refractivity contribution in [1.82, 2.24) is 15.4 Å². The van der Waals surface area contributed by atoms with E-state index in [1.54, 1.807) is 7.11 Å². The Labute approximate surface area is 168 Å². The van der Waals surface area contributed by atoms with Gasteiger partial charge in [0.05, 0.1) is 18.4 Å². The molecule has 28 heavy (non-hydrogen) atoms. The summed E-state index contributed by atoms with van der Waals surface area (Å²) in [5.41, 5.74) is 3.05. The number of hydrogen-bond donors (Lipinski definition) is 1. The zero-order valence-electron chi connectivity index (χ0n) is 17.7. The van der Waals surface area contributed by atoms with Gasteiger partial charge in [0.2, 0.25) is 0 Å². The van der Waals surface area contributed by atoms with Gasteiger partial charge in [-0.25, -0.2) is 0 Å². The molecular weight excluding hydrogens is 354 g/mol. The third-order valence-corrected chi connectivity index (χ3v) is 5.64. The lowest BCUT2D eigenvalue weighted by molar-refractivity contribution is 0.161. The molecule has 0 amide bonds. The Kier molecular flexibility index (Phi) is 6.97. The second-order valence-electron chi connectivity index (χ2n) is 7.86. The Bertz CT molecular complexity index is 745. The number of nitrogens with zero attached hydrogens (tertiary/aromatic N) is 2. The maximum atomic E-state index is 5.97. The molecule has 1 aromatic heterocycles. The summed E-state index contributed by atoms with van der Waals surface area (Å²) >= 11 is 0. The molecule has 3 rings (SSSR count). The average Bonchev–Trinajstić information content (AvgIpc) is 3.03. The maximum absolute atomic E-state index is 5.97. The molecule has 0 unspecified atom stereocenters. The minimum atomic E-state index is 0.420. The van der Waals surface area contributed by atoms with E-state index in [1.807, 2.05) is 19.9 Å². The van der Waals surface area contributed by atoms with E-state index in [0.717, 1.165) is 35.1 Å². The topological polar surface area (TPSA) is 59.8 Å². The molecule has 154 valence electrons. The molecule has 6 nitrogen and oxygen atoms in total. The number of aromatic nitrogens is 1. The summed E-state index contributed by atoms with van der Waals surface area (Å²) in [5.74, 6) is 2.28. The average molecular weight is 388 g/mol. The fourth-order valence-electron chi connectivity index (χ4n) is 3.68. The van der Waals surface area contributed by atoms with Crippen LogP contribution in [0.25, 0.3) is 0 Å². The van der Waals surface area contributed by atoms with Gasteiger partial charge in [0.15, 0.2) is 11.5 Å². The van der Waals surface area contributed by atoms with E-state index in [0.29, 0.717) is 18.7 Å². The summed E-state index contributed by atoms with van der Waals surface area (Å²) in [6.07, 6.45) is 2.40. The van der Waals surface area contributed by atoms with Crippen LogP contribution in [0.15, 0.2) is 22.7 Å². The lowest BCUT2D eigenvalue weighted by Crippen LogP contribution is -2.44. The van der Waals surface area contributed by atoms with Crippen LogP contribution in [0.3, 0.4) is 0 Å². The van der Waals surface area contributed by atoms with Crippen LogP contribution in [-0.2, 0) is 13.2 Å². The number of rotatable bonds is 8. The van der Waals surface area contributed by atoms with Crippen LogP contribution in [0, 0.1) is 13.8 Å². The molecule has 1 saturated heterocycles. The van der Waals surface area contributed by atoms with Crippen molar-refractivity contribution in [3.63, 3.8) is 0 Å². The number of benzene rings is 1. The van der Waals surface area contributed by atoms with Gasteiger partial charge in [0.1, 0.15) is 12.4 Å². The molecule has 0 aliphatic carbocycles. The van der Waals surface area contributed by atoms with E-state index < -0.39 is 0 Å². The molecule has 6 heteroatoms. The molecule has 2 aromatic rings. The standard InChI is InChI=1S/C22H33N3O3/c1-15(2)25-10-8-19(9-11-25)23-13-18-6-7-21(22(12-18)26-5)27-14-20-16(3)24-28-17(20)4/h6-7,12,15,19,23H,8-11,13-14H2,1-5H3. The highest BCUT2D eigenvalue weighted by Gasteiger charge is 2.20. The number of methoxy groups -OCH3 is 1. The van der Waals surface area contributed by atoms with E-state index in [4.69, 9.17) is 14.0 Å². The van der Waals surface area contributed by atoms with Gasteiger partial charge in [-0.05, 0) is 71.3 Å². The van der Waals surface area contributed by atoms with Gasteiger partial charge in [-0.1, -0.05) is 11.2 Å². The molecule has 0 bridgehead atoms. The molecule has 0 radical (unpaired) electrons. The molecule has 0 saturated carbocycles. The minimum Gasteiger partial charge on any atom is -0.493 e. The van der Waals surface area contributed by atoms with Crippen molar-refractivity contribution in [1.29, 1.82) is 0 Å². The highest BCUT2D eigenvalue weighted by molar-refractivity contribution is 5.43. The maximum Gasteiger partial charge on any atom is 0.161 e. The van der Waals surface area contributed by atoms with Crippen LogP contribution < -0.4 is 14.8 Å². The number of likely N-dealkylation sites (tertiary alicyclic amines) is 1. The highest BCUT2D eigenvalue weighted by Crippen LogP contribution is 2.29. The molecule has 1 aliphatic rings. The van der Waals surface area contributed by atoms with Gasteiger partial charge in [0.25, 0.3) is 0 Å². The SMILES string of the molecule is COc1cc(CNC2CCN(C(C)C)CC2)ccc1OCc1c(C)noc1C. The quantitative estimate of drug-likeness (QED) is 0.743. The Morgan fingerprint density at radius 3 is 2.57 bits per heavy atom. The van der Waals surface area contributed by atoms with Crippen molar-refractivity contribution in [3.05, 3.63) is 40.8 Å². The second kappa shape index (κ2) is 9.43. The van der Waals surface area contributed by atoms with E-state index in [2.05, 4.69) is 41.4 Å². The summed E-state index contributed by atoms with van der Waals surface area (Å²) in [7, 11) is 1.68.